The summed E-state index contributed by atoms with van der Waals surface area (Å²) >= 11 is 0. The quantitative estimate of drug-likeness (QED) is 0.298. The third-order valence-corrected chi connectivity index (χ3v) is 5.07. The normalized spacial score (nSPS) is 16.3. The summed E-state index contributed by atoms with van der Waals surface area (Å²) in [5, 5.41) is 15.0. The third-order valence-electron chi connectivity index (χ3n) is 5.07. The van der Waals surface area contributed by atoms with E-state index < -0.39 is 5.82 Å². The van der Waals surface area contributed by atoms with Gasteiger partial charge in [0.2, 0.25) is 17.9 Å². The van der Waals surface area contributed by atoms with Crippen LogP contribution in [0.5, 0.6) is 0 Å². The van der Waals surface area contributed by atoms with Gasteiger partial charge < -0.3 is 20.0 Å². The van der Waals surface area contributed by atoms with Crippen LogP contribution in [0.25, 0.3) is 0 Å². The van der Waals surface area contributed by atoms with Crippen molar-refractivity contribution in [2.24, 2.45) is 10.9 Å². The number of carbonyl (C=O) groups excluding carboxylic acids is 1. The molecule has 0 spiro atoms. The number of likely N-dealkylation sites (tertiary alicyclic amines) is 1. The van der Waals surface area contributed by atoms with E-state index in [-0.39, 0.29) is 11.7 Å². The number of aliphatic imine (C=N–C) groups is 1. The molecule has 2 aromatic rings. The number of nitriles is 1. The predicted molar refractivity (Wildman–Crippen MR) is 110 cm³/mol. The second kappa shape index (κ2) is 11.0. The average molecular weight is 412 g/mol. The summed E-state index contributed by atoms with van der Waals surface area (Å²) in [6, 6.07) is 4.75. The first-order valence-corrected chi connectivity index (χ1v) is 10.1. The van der Waals surface area contributed by atoms with Crippen LogP contribution in [0.1, 0.15) is 42.7 Å². The highest BCUT2D eigenvalue weighted by Gasteiger charge is 2.29. The largest absolute Gasteiger partial charge is 0.456 e. The lowest BCUT2D eigenvalue weighted by atomic mass is 10.0. The van der Waals surface area contributed by atoms with Crippen molar-refractivity contribution in [2.45, 2.75) is 32.1 Å². The number of nitrogens with one attached hydrogen (secondary N) is 2. The molecule has 1 saturated heterocycles. The molecule has 8 nitrogen and oxygen atoms in total. The number of halogens is 1. The van der Waals surface area contributed by atoms with E-state index in [2.05, 4.69) is 20.6 Å². The van der Waals surface area contributed by atoms with Crippen molar-refractivity contribution in [3.8, 4) is 6.19 Å². The number of rotatable bonds is 8. The molecule has 0 bridgehead atoms. The Hall–Kier alpha value is -3.41. The molecule has 0 aromatic carbocycles. The molecule has 2 aromatic heterocycles. The number of unbranched alkanes of at least 4 members (excludes halogenated alkanes) is 2. The molecular formula is C21H25FN6O2. The summed E-state index contributed by atoms with van der Waals surface area (Å²) in [5.41, 5.74) is 0.807. The highest BCUT2D eigenvalue weighted by atomic mass is 19.1. The van der Waals surface area contributed by atoms with Gasteiger partial charge in [-0.05, 0) is 37.3 Å². The first-order valence-electron chi connectivity index (χ1n) is 10.1. The van der Waals surface area contributed by atoms with Crippen LogP contribution in [-0.2, 0) is 0 Å². The minimum atomic E-state index is -0.603. The molecule has 30 heavy (non-hydrogen) atoms. The van der Waals surface area contributed by atoms with E-state index in [1.54, 1.807) is 35.6 Å². The maximum absolute atomic E-state index is 13.5. The van der Waals surface area contributed by atoms with Crippen molar-refractivity contribution >= 4 is 17.6 Å². The van der Waals surface area contributed by atoms with Crippen LogP contribution in [0.4, 0.5) is 10.1 Å². The molecule has 3 rings (SSSR count). The van der Waals surface area contributed by atoms with Crippen molar-refractivity contribution in [1.82, 2.24) is 15.2 Å². The van der Waals surface area contributed by atoms with Crippen LogP contribution in [-0.4, -0.2) is 41.4 Å². The minimum Gasteiger partial charge on any atom is -0.456 e. The van der Waals surface area contributed by atoms with E-state index in [0.29, 0.717) is 31.5 Å². The Morgan fingerprint density at radius 1 is 1.33 bits per heavy atom. The molecule has 3 heterocycles. The molecule has 1 atom stereocenters. The smallest absolute Gasteiger partial charge is 0.292 e. The zero-order valence-corrected chi connectivity index (χ0v) is 16.7. The molecule has 2 N–H and O–H groups in total. The number of carbonyl (C=O) groups is 1. The molecule has 0 aliphatic carbocycles. The van der Waals surface area contributed by atoms with Gasteiger partial charge in [0.25, 0.3) is 5.91 Å². The van der Waals surface area contributed by atoms with Crippen LogP contribution in [0.3, 0.4) is 0 Å². The fraction of sp³-hybridized carbons (Fsp3) is 0.429. The number of guanidine groups is 1. The summed E-state index contributed by atoms with van der Waals surface area (Å²) in [4.78, 5) is 21.7. The molecule has 1 fully saturated rings. The average Bonchev–Trinajstić information content (AvgIpc) is 3.40. The molecule has 1 amide bonds. The van der Waals surface area contributed by atoms with Gasteiger partial charge in [0.05, 0.1) is 6.26 Å². The second-order valence-electron chi connectivity index (χ2n) is 7.20. The second-order valence-corrected chi connectivity index (χ2v) is 7.20. The molecule has 1 aliphatic rings. The van der Waals surface area contributed by atoms with Gasteiger partial charge >= 0.3 is 0 Å². The first-order chi connectivity index (χ1) is 14.7. The van der Waals surface area contributed by atoms with E-state index in [1.807, 2.05) is 0 Å². The summed E-state index contributed by atoms with van der Waals surface area (Å²) in [6.45, 7) is 1.98. The van der Waals surface area contributed by atoms with Crippen molar-refractivity contribution in [1.29, 1.82) is 5.26 Å². The van der Waals surface area contributed by atoms with Gasteiger partial charge in [0.1, 0.15) is 0 Å². The molecule has 1 unspecified atom stereocenters. The van der Waals surface area contributed by atoms with Crippen LogP contribution in [0.15, 0.2) is 46.3 Å². The Bertz CT molecular complexity index is 892. The number of amides is 1. The van der Waals surface area contributed by atoms with Gasteiger partial charge in [-0.3, -0.25) is 9.78 Å². The van der Waals surface area contributed by atoms with Crippen molar-refractivity contribution in [3.63, 3.8) is 0 Å². The highest BCUT2D eigenvalue weighted by molar-refractivity contribution is 5.94. The van der Waals surface area contributed by atoms with Crippen molar-refractivity contribution in [3.05, 3.63) is 48.4 Å². The minimum absolute atomic E-state index is 0.197. The van der Waals surface area contributed by atoms with Crippen LogP contribution >= 0.6 is 0 Å². The SMILES string of the molecule is N#C/N=C(/NCCCCCC1CCN(C(=O)c2occc2F)C1)Nc1ccncc1. The number of hydrogen-bond acceptors (Lipinski definition) is 5. The summed E-state index contributed by atoms with van der Waals surface area (Å²) in [5.74, 6) is -0.316. The Morgan fingerprint density at radius 3 is 2.90 bits per heavy atom. The van der Waals surface area contributed by atoms with E-state index in [0.717, 1.165) is 43.9 Å². The maximum Gasteiger partial charge on any atom is 0.292 e. The summed E-state index contributed by atoms with van der Waals surface area (Å²) < 4.78 is 18.5. The lowest BCUT2D eigenvalue weighted by Crippen LogP contribution is -2.31. The zero-order chi connectivity index (χ0) is 21.2. The monoisotopic (exact) mass is 412 g/mol. The molecule has 9 heteroatoms. The van der Waals surface area contributed by atoms with Crippen LogP contribution < -0.4 is 10.6 Å². The molecule has 1 aliphatic heterocycles. The highest BCUT2D eigenvalue weighted by Crippen LogP contribution is 2.24. The Labute approximate surface area is 174 Å². The van der Waals surface area contributed by atoms with Crippen LogP contribution in [0, 0.1) is 23.2 Å². The van der Waals surface area contributed by atoms with Crippen molar-refractivity contribution in [2.75, 3.05) is 25.0 Å². The standard InChI is InChI=1S/C21H25FN6O2/c22-18-8-13-30-19(18)20(29)28-12-7-16(14-28)4-2-1-3-9-25-21(26-15-23)27-17-5-10-24-11-6-17/h5-6,8,10-11,13,16H,1-4,7,9,12,14H2,(H2,24,25,26,27). The maximum atomic E-state index is 13.5. The van der Waals surface area contributed by atoms with Gasteiger partial charge in [-0.2, -0.15) is 5.26 Å². The fourth-order valence-corrected chi connectivity index (χ4v) is 3.52. The fourth-order valence-electron chi connectivity index (χ4n) is 3.52. The Morgan fingerprint density at radius 2 is 2.17 bits per heavy atom. The molecule has 158 valence electrons. The summed E-state index contributed by atoms with van der Waals surface area (Å²) in [6.07, 6.45) is 11.3. The number of pyridine rings is 1. The lowest BCUT2D eigenvalue weighted by molar-refractivity contribution is 0.0748. The van der Waals surface area contributed by atoms with E-state index >= 15 is 0 Å². The molecule has 0 radical (unpaired) electrons. The van der Waals surface area contributed by atoms with E-state index in [9.17, 15) is 9.18 Å². The lowest BCUT2D eigenvalue weighted by Gasteiger charge is -2.15. The number of hydrogen-bond donors (Lipinski definition) is 2. The Kier molecular flexibility index (Phi) is 7.78. The molecular weight excluding hydrogens is 387 g/mol. The van der Waals surface area contributed by atoms with Crippen molar-refractivity contribution < 1.29 is 13.6 Å². The zero-order valence-electron chi connectivity index (χ0n) is 16.7. The first kappa shape index (κ1) is 21.3. The van der Waals surface area contributed by atoms with Gasteiger partial charge in [-0.1, -0.05) is 12.8 Å². The van der Waals surface area contributed by atoms with Gasteiger partial charge in [0.15, 0.2) is 5.82 Å². The number of aromatic nitrogens is 1. The van der Waals surface area contributed by atoms with E-state index in [4.69, 9.17) is 9.68 Å². The third kappa shape index (κ3) is 6.04. The van der Waals surface area contributed by atoms with Gasteiger partial charge in [-0.25, -0.2) is 4.39 Å². The van der Waals surface area contributed by atoms with Gasteiger partial charge in [0, 0.05) is 43.8 Å². The summed E-state index contributed by atoms with van der Waals surface area (Å²) in [7, 11) is 0. The topological polar surface area (TPSA) is 107 Å². The number of furan rings is 1. The number of nitrogens with zero attached hydrogens (tertiary/aromatic N) is 4. The molecule has 0 saturated carbocycles. The van der Waals surface area contributed by atoms with E-state index in [1.165, 1.54) is 6.26 Å². The predicted octanol–water partition coefficient (Wildman–Crippen LogP) is 3.37. The Balaban J connectivity index is 1.31. The number of anilines is 1. The van der Waals surface area contributed by atoms with Crippen LogP contribution in [0.2, 0.25) is 0 Å². The van der Waals surface area contributed by atoms with Gasteiger partial charge in [-0.15, -0.1) is 4.99 Å².